The third-order valence-electron chi connectivity index (χ3n) is 3.65. The smallest absolute Gasteiger partial charge is 0.348 e. The average molecular weight is 358 g/mol. The molecule has 0 aromatic carbocycles. The summed E-state index contributed by atoms with van der Waals surface area (Å²) in [6, 6.07) is 0.344. The molecule has 0 saturated carbocycles. The van der Waals surface area contributed by atoms with Crippen molar-refractivity contribution in [3.63, 3.8) is 0 Å². The Kier molecular flexibility index (Phi) is 5.29. The summed E-state index contributed by atoms with van der Waals surface area (Å²) in [6.07, 6.45) is -4.90. The van der Waals surface area contributed by atoms with Gasteiger partial charge in [-0.1, -0.05) is 0 Å². The molecule has 0 unspecified atom stereocenters. The van der Waals surface area contributed by atoms with Crippen LogP contribution in [0.2, 0.25) is 0 Å². The van der Waals surface area contributed by atoms with Crippen LogP contribution < -0.4 is 16.1 Å². The van der Waals surface area contributed by atoms with Gasteiger partial charge in [-0.25, -0.2) is 0 Å². The number of nitrogens with one attached hydrogen (secondary N) is 2. The van der Waals surface area contributed by atoms with E-state index < -0.39 is 36.9 Å². The van der Waals surface area contributed by atoms with Gasteiger partial charge in [0.1, 0.15) is 6.04 Å². The third kappa shape index (κ3) is 4.68. The fraction of sp³-hybridized carbons (Fsp3) is 0.467. The molecule has 1 aliphatic heterocycles. The predicted octanol–water partition coefficient (Wildman–Crippen LogP) is 0.609. The van der Waals surface area contributed by atoms with Gasteiger partial charge in [-0.3, -0.25) is 19.4 Å². The number of pyridine rings is 1. The molecule has 0 fully saturated rings. The van der Waals surface area contributed by atoms with Crippen molar-refractivity contribution in [2.45, 2.75) is 38.5 Å². The molecule has 0 radical (unpaired) electrons. The highest BCUT2D eigenvalue weighted by Gasteiger charge is 2.29. The maximum Gasteiger partial charge on any atom is 0.389 e. The maximum atomic E-state index is 12.1. The van der Waals surface area contributed by atoms with Gasteiger partial charge in [0, 0.05) is 31.3 Å². The summed E-state index contributed by atoms with van der Waals surface area (Å²) in [5, 5.41) is 4.70. The molecule has 1 atom stereocenters. The Bertz CT molecular complexity index is 783. The van der Waals surface area contributed by atoms with Crippen LogP contribution in [0, 0.1) is 0 Å². The normalized spacial score (nSPS) is 14.5. The van der Waals surface area contributed by atoms with Crippen molar-refractivity contribution in [2.75, 3.05) is 0 Å². The molecule has 2 amide bonds. The molecule has 2 heterocycles. The van der Waals surface area contributed by atoms with Gasteiger partial charge in [-0.15, -0.1) is 0 Å². The van der Waals surface area contributed by atoms with E-state index in [1.54, 1.807) is 11.6 Å². The third-order valence-corrected chi connectivity index (χ3v) is 3.65. The lowest BCUT2D eigenvalue weighted by Gasteiger charge is -2.16. The molecule has 136 valence electrons. The molecule has 1 aromatic heterocycles. The highest BCUT2D eigenvalue weighted by molar-refractivity contribution is 6.10. The summed E-state index contributed by atoms with van der Waals surface area (Å²) in [6.45, 7) is 1.48. The van der Waals surface area contributed by atoms with Crippen LogP contribution in [0.3, 0.4) is 0 Å². The minimum Gasteiger partial charge on any atom is -0.348 e. The number of halogens is 3. The van der Waals surface area contributed by atoms with Gasteiger partial charge in [0.2, 0.25) is 11.8 Å². The van der Waals surface area contributed by atoms with E-state index in [2.05, 4.69) is 15.6 Å². The minimum absolute atomic E-state index is 0.130. The van der Waals surface area contributed by atoms with Crippen molar-refractivity contribution in [3.05, 3.63) is 33.7 Å². The molecule has 10 heteroatoms. The summed E-state index contributed by atoms with van der Waals surface area (Å²) in [5.74, 6) is -1.32. The van der Waals surface area contributed by atoms with Crippen LogP contribution in [0.5, 0.6) is 0 Å². The quantitative estimate of drug-likeness (QED) is 0.826. The molecule has 25 heavy (non-hydrogen) atoms. The highest BCUT2D eigenvalue weighted by atomic mass is 19.4. The molecule has 2 N–H and O–H groups in total. The molecule has 0 saturated heterocycles. The first kappa shape index (κ1) is 18.7. The number of aliphatic imine (C=N–C) groups is 1. The number of amides is 2. The predicted molar refractivity (Wildman–Crippen MR) is 83.0 cm³/mol. The first-order valence-corrected chi connectivity index (χ1v) is 7.49. The lowest BCUT2D eigenvalue weighted by atomic mass is 10.2. The summed E-state index contributed by atoms with van der Waals surface area (Å²) in [4.78, 5) is 39.5. The van der Waals surface area contributed by atoms with Crippen LogP contribution in [-0.4, -0.2) is 34.4 Å². The zero-order valence-electron chi connectivity index (χ0n) is 13.6. The Hall–Kier alpha value is -2.65. The Labute approximate surface area is 140 Å². The summed E-state index contributed by atoms with van der Waals surface area (Å²) < 4.78 is 37.9. The Balaban J connectivity index is 1.97. The number of aromatic nitrogens is 1. The van der Waals surface area contributed by atoms with Crippen LogP contribution in [0.1, 0.15) is 31.0 Å². The van der Waals surface area contributed by atoms with Crippen LogP contribution in [-0.2, 0) is 23.2 Å². The van der Waals surface area contributed by atoms with Crippen molar-refractivity contribution in [2.24, 2.45) is 12.0 Å². The topological polar surface area (TPSA) is 92.6 Å². The van der Waals surface area contributed by atoms with Crippen molar-refractivity contribution in [1.29, 1.82) is 0 Å². The van der Waals surface area contributed by atoms with E-state index in [0.29, 0.717) is 11.3 Å². The van der Waals surface area contributed by atoms with E-state index in [0.717, 1.165) is 0 Å². The lowest BCUT2D eigenvalue weighted by Crippen LogP contribution is -2.47. The van der Waals surface area contributed by atoms with Crippen LogP contribution in [0.4, 0.5) is 13.2 Å². The molecule has 0 bridgehead atoms. The standard InChI is InChI=1S/C15H17F3N4O3/c1-8(20-11(24)3-5-15(16,17)18)14(25)21-13-12-9(7-19-13)10(23)4-6-22(12)2/h4,6,8H,3,5,7H2,1-2H3,(H,20,24)(H,19,21,25)/t8-/m0/s1. The Morgan fingerprint density at radius 1 is 1.40 bits per heavy atom. The molecular weight excluding hydrogens is 341 g/mol. The molecule has 1 aromatic rings. The number of alkyl halides is 3. The monoisotopic (exact) mass is 358 g/mol. The van der Waals surface area contributed by atoms with Gasteiger partial charge < -0.3 is 15.2 Å². The largest absolute Gasteiger partial charge is 0.389 e. The lowest BCUT2D eigenvalue weighted by molar-refractivity contribution is -0.144. The van der Waals surface area contributed by atoms with Crippen LogP contribution in [0.25, 0.3) is 0 Å². The van der Waals surface area contributed by atoms with E-state index in [1.807, 2.05) is 0 Å². The number of aryl methyl sites for hydroxylation is 1. The zero-order chi connectivity index (χ0) is 18.8. The number of fused-ring (bicyclic) bond motifs is 1. The fourth-order valence-corrected chi connectivity index (χ4v) is 2.34. The molecule has 0 spiro atoms. The second kappa shape index (κ2) is 7.08. The van der Waals surface area contributed by atoms with Crippen molar-refractivity contribution >= 4 is 17.6 Å². The number of nitrogens with zero attached hydrogens (tertiary/aromatic N) is 2. The maximum absolute atomic E-state index is 12.1. The number of amidine groups is 1. The number of rotatable bonds is 4. The number of hydrogen-bond donors (Lipinski definition) is 2. The number of hydrogen-bond acceptors (Lipinski definition) is 4. The van der Waals surface area contributed by atoms with Crippen molar-refractivity contribution in [3.8, 4) is 0 Å². The van der Waals surface area contributed by atoms with Crippen molar-refractivity contribution in [1.82, 2.24) is 15.2 Å². The SMILES string of the molecule is C[C@H](NC(=O)CCC(F)(F)F)C(=O)NC1=NCc2c1n(C)ccc2=O. The molecule has 2 rings (SSSR count). The highest BCUT2D eigenvalue weighted by Crippen LogP contribution is 2.21. The second-order valence-corrected chi connectivity index (χ2v) is 5.68. The van der Waals surface area contributed by atoms with E-state index in [9.17, 15) is 27.6 Å². The van der Waals surface area contributed by atoms with E-state index in [4.69, 9.17) is 0 Å². The zero-order valence-corrected chi connectivity index (χ0v) is 13.6. The van der Waals surface area contributed by atoms with E-state index >= 15 is 0 Å². The average Bonchev–Trinajstić information content (AvgIpc) is 2.93. The van der Waals surface area contributed by atoms with Gasteiger partial charge in [-0.05, 0) is 6.92 Å². The Morgan fingerprint density at radius 3 is 2.72 bits per heavy atom. The summed E-state index contributed by atoms with van der Waals surface area (Å²) in [5.41, 5.74) is 0.716. The van der Waals surface area contributed by atoms with Gasteiger partial charge >= 0.3 is 6.18 Å². The number of carbonyl (C=O) groups is 2. The van der Waals surface area contributed by atoms with Crippen molar-refractivity contribution < 1.29 is 22.8 Å². The first-order valence-electron chi connectivity index (χ1n) is 7.49. The van der Waals surface area contributed by atoms with E-state index in [-0.39, 0.29) is 17.8 Å². The first-order chi connectivity index (χ1) is 11.6. The molecular formula is C15H17F3N4O3. The van der Waals surface area contributed by atoms with Gasteiger partial charge in [0.05, 0.1) is 18.7 Å². The van der Waals surface area contributed by atoms with Crippen LogP contribution >= 0.6 is 0 Å². The van der Waals surface area contributed by atoms with Crippen LogP contribution in [0.15, 0.2) is 22.1 Å². The van der Waals surface area contributed by atoms with Gasteiger partial charge in [-0.2, -0.15) is 13.2 Å². The fourth-order valence-electron chi connectivity index (χ4n) is 2.34. The molecule has 7 nitrogen and oxygen atoms in total. The second-order valence-electron chi connectivity index (χ2n) is 5.68. The summed E-state index contributed by atoms with van der Waals surface area (Å²) >= 11 is 0. The molecule has 0 aliphatic carbocycles. The van der Waals surface area contributed by atoms with E-state index in [1.165, 1.54) is 19.2 Å². The van der Waals surface area contributed by atoms with Gasteiger partial charge in [0.25, 0.3) is 0 Å². The Morgan fingerprint density at radius 2 is 2.08 bits per heavy atom. The number of carbonyl (C=O) groups excluding carboxylic acids is 2. The minimum atomic E-state index is -4.43. The van der Waals surface area contributed by atoms with Gasteiger partial charge in [0.15, 0.2) is 11.3 Å². The summed E-state index contributed by atoms with van der Waals surface area (Å²) in [7, 11) is 1.69. The molecule has 1 aliphatic rings.